The van der Waals surface area contributed by atoms with E-state index in [9.17, 15) is 0 Å². The van der Waals surface area contributed by atoms with Gasteiger partial charge in [-0.3, -0.25) is 0 Å². The molecule has 3 nitrogen and oxygen atoms in total. The molecule has 1 aromatic carbocycles. The Labute approximate surface area is 90.0 Å². The highest BCUT2D eigenvalue weighted by Crippen LogP contribution is 2.12. The Morgan fingerprint density at radius 1 is 1.27 bits per heavy atom. The van der Waals surface area contributed by atoms with Crippen LogP contribution in [0.4, 0.5) is 11.6 Å². The van der Waals surface area contributed by atoms with E-state index < -0.39 is 0 Å². The molecule has 3 heteroatoms. The average Bonchev–Trinajstić information content (AvgIpc) is 2.62. The first kappa shape index (κ1) is 9.77. The van der Waals surface area contributed by atoms with Crippen molar-refractivity contribution in [3.63, 3.8) is 0 Å². The van der Waals surface area contributed by atoms with Crippen molar-refractivity contribution in [2.45, 2.75) is 13.5 Å². The zero-order valence-electron chi connectivity index (χ0n) is 9.14. The molecular formula is C12H16N3+. The van der Waals surface area contributed by atoms with Crippen LogP contribution in [0.3, 0.4) is 0 Å². The van der Waals surface area contributed by atoms with Crippen molar-refractivity contribution in [2.24, 2.45) is 7.05 Å². The summed E-state index contributed by atoms with van der Waals surface area (Å²) >= 11 is 0. The molecule has 0 aliphatic heterocycles. The van der Waals surface area contributed by atoms with E-state index >= 15 is 0 Å². The smallest absolute Gasteiger partial charge is 0.245 e. The molecule has 0 fully saturated rings. The van der Waals surface area contributed by atoms with Crippen LogP contribution in [-0.4, -0.2) is 4.57 Å². The van der Waals surface area contributed by atoms with Gasteiger partial charge < -0.3 is 0 Å². The highest BCUT2D eigenvalue weighted by atomic mass is 15.2. The number of aryl methyl sites for hydroxylation is 2. The quantitative estimate of drug-likeness (QED) is 0.756. The molecule has 15 heavy (non-hydrogen) atoms. The average molecular weight is 202 g/mol. The Kier molecular flexibility index (Phi) is 2.72. The van der Waals surface area contributed by atoms with Gasteiger partial charge in [0, 0.05) is 0 Å². The van der Waals surface area contributed by atoms with Crippen LogP contribution in [0.1, 0.15) is 6.92 Å². The summed E-state index contributed by atoms with van der Waals surface area (Å²) in [5.74, 6) is 1.10. The molecule has 1 heterocycles. The summed E-state index contributed by atoms with van der Waals surface area (Å²) in [7, 11) is 2.04. The minimum atomic E-state index is 0.968. The Bertz CT molecular complexity index is 431. The maximum Gasteiger partial charge on any atom is 0.362 e. The molecule has 2 aromatic rings. The number of para-hydroxylation sites is 1. The van der Waals surface area contributed by atoms with Crippen molar-refractivity contribution >= 4 is 11.6 Å². The lowest BCUT2D eigenvalue weighted by molar-refractivity contribution is -0.656. The summed E-state index contributed by atoms with van der Waals surface area (Å²) in [6.07, 6.45) is 4.13. The summed E-state index contributed by atoms with van der Waals surface area (Å²) in [4.78, 5) is 0. The van der Waals surface area contributed by atoms with Crippen molar-refractivity contribution in [2.75, 3.05) is 5.32 Å². The maximum atomic E-state index is 3.40. The third-order valence-corrected chi connectivity index (χ3v) is 2.45. The minimum Gasteiger partial charge on any atom is -0.245 e. The molecule has 0 unspecified atom stereocenters. The highest BCUT2D eigenvalue weighted by molar-refractivity contribution is 5.51. The van der Waals surface area contributed by atoms with Gasteiger partial charge in [-0.2, -0.15) is 0 Å². The number of nitrogens with zero attached hydrogens (tertiary/aromatic N) is 2. The van der Waals surface area contributed by atoms with E-state index in [2.05, 4.69) is 45.9 Å². The van der Waals surface area contributed by atoms with Crippen molar-refractivity contribution in [1.29, 1.82) is 0 Å². The Morgan fingerprint density at radius 3 is 2.67 bits per heavy atom. The number of rotatable bonds is 3. The molecule has 0 amide bonds. The third kappa shape index (κ3) is 2.01. The largest absolute Gasteiger partial charge is 0.362 e. The van der Waals surface area contributed by atoms with Gasteiger partial charge in [-0.15, -0.1) is 0 Å². The number of benzene rings is 1. The standard InChI is InChI=1S/C12H15N3/c1-3-15-10-9-14(2)12(15)13-11-7-5-4-6-8-11/h4-10H,3H2,1-2H3/p+1. The third-order valence-electron chi connectivity index (χ3n) is 2.45. The zero-order valence-corrected chi connectivity index (χ0v) is 9.14. The molecule has 0 aliphatic carbocycles. The maximum absolute atomic E-state index is 3.40. The summed E-state index contributed by atoms with van der Waals surface area (Å²) in [5.41, 5.74) is 1.11. The lowest BCUT2D eigenvalue weighted by atomic mass is 10.3. The molecule has 0 bridgehead atoms. The van der Waals surface area contributed by atoms with Gasteiger partial charge in [0.2, 0.25) is 0 Å². The fourth-order valence-corrected chi connectivity index (χ4v) is 1.59. The summed E-state index contributed by atoms with van der Waals surface area (Å²) in [6, 6.07) is 10.2. The predicted molar refractivity (Wildman–Crippen MR) is 61.0 cm³/mol. The van der Waals surface area contributed by atoms with Gasteiger partial charge in [0.1, 0.15) is 0 Å². The SMILES string of the molecule is CCn1cc[n+](C)c1Nc1ccccc1. The van der Waals surface area contributed by atoms with E-state index in [4.69, 9.17) is 0 Å². The molecule has 1 aromatic heterocycles. The Balaban J connectivity index is 2.27. The number of anilines is 2. The van der Waals surface area contributed by atoms with Crippen molar-refractivity contribution in [3.8, 4) is 0 Å². The van der Waals surface area contributed by atoms with Crippen LogP contribution < -0.4 is 9.88 Å². The summed E-state index contributed by atoms with van der Waals surface area (Å²) in [6.45, 7) is 3.10. The molecule has 0 saturated carbocycles. The predicted octanol–water partition coefficient (Wildman–Crippen LogP) is 2.08. The first-order valence-electron chi connectivity index (χ1n) is 5.18. The Hall–Kier alpha value is -1.77. The van der Waals surface area contributed by atoms with Gasteiger partial charge in [0.05, 0.1) is 31.7 Å². The van der Waals surface area contributed by atoms with Gasteiger partial charge in [-0.25, -0.2) is 14.5 Å². The molecule has 0 aliphatic rings. The van der Waals surface area contributed by atoms with E-state index in [1.807, 2.05) is 25.2 Å². The van der Waals surface area contributed by atoms with E-state index in [-0.39, 0.29) is 0 Å². The fourth-order valence-electron chi connectivity index (χ4n) is 1.59. The van der Waals surface area contributed by atoms with E-state index in [1.54, 1.807) is 0 Å². The van der Waals surface area contributed by atoms with Crippen LogP contribution >= 0.6 is 0 Å². The molecule has 0 radical (unpaired) electrons. The van der Waals surface area contributed by atoms with Crippen LogP contribution in [0.2, 0.25) is 0 Å². The van der Waals surface area contributed by atoms with Crippen molar-refractivity contribution < 1.29 is 4.57 Å². The zero-order chi connectivity index (χ0) is 10.7. The second-order valence-electron chi connectivity index (χ2n) is 3.51. The number of hydrogen-bond donors (Lipinski definition) is 1. The molecule has 0 atom stereocenters. The van der Waals surface area contributed by atoms with Gasteiger partial charge >= 0.3 is 5.95 Å². The number of nitrogens with one attached hydrogen (secondary N) is 1. The molecule has 2 rings (SSSR count). The second-order valence-corrected chi connectivity index (χ2v) is 3.51. The lowest BCUT2D eigenvalue weighted by Gasteiger charge is -2.02. The molecule has 0 spiro atoms. The fraction of sp³-hybridized carbons (Fsp3) is 0.250. The van der Waals surface area contributed by atoms with E-state index in [0.29, 0.717) is 0 Å². The van der Waals surface area contributed by atoms with Gasteiger partial charge in [0.25, 0.3) is 0 Å². The van der Waals surface area contributed by atoms with Crippen molar-refractivity contribution in [3.05, 3.63) is 42.7 Å². The Morgan fingerprint density at radius 2 is 2.00 bits per heavy atom. The highest BCUT2D eigenvalue weighted by Gasteiger charge is 2.11. The first-order valence-corrected chi connectivity index (χ1v) is 5.18. The number of imidazole rings is 1. The van der Waals surface area contributed by atoms with Crippen LogP contribution in [0.15, 0.2) is 42.7 Å². The van der Waals surface area contributed by atoms with Crippen molar-refractivity contribution in [1.82, 2.24) is 4.57 Å². The summed E-state index contributed by atoms with van der Waals surface area (Å²) in [5, 5.41) is 3.40. The minimum absolute atomic E-state index is 0.968. The van der Waals surface area contributed by atoms with E-state index in [0.717, 1.165) is 18.2 Å². The van der Waals surface area contributed by atoms with Crippen LogP contribution in [-0.2, 0) is 13.6 Å². The van der Waals surface area contributed by atoms with E-state index in [1.165, 1.54) is 0 Å². The molecule has 1 N–H and O–H groups in total. The molecular weight excluding hydrogens is 186 g/mol. The van der Waals surface area contributed by atoms with Crippen LogP contribution in [0.25, 0.3) is 0 Å². The second kappa shape index (κ2) is 4.17. The van der Waals surface area contributed by atoms with Gasteiger partial charge in [-0.05, 0) is 19.1 Å². The monoisotopic (exact) mass is 202 g/mol. The molecule has 0 saturated heterocycles. The topological polar surface area (TPSA) is 20.8 Å². The van der Waals surface area contributed by atoms with Crippen LogP contribution in [0, 0.1) is 0 Å². The van der Waals surface area contributed by atoms with Crippen LogP contribution in [0.5, 0.6) is 0 Å². The number of hydrogen-bond acceptors (Lipinski definition) is 1. The first-order chi connectivity index (χ1) is 7.31. The van der Waals surface area contributed by atoms with Gasteiger partial charge in [0.15, 0.2) is 0 Å². The normalized spacial score (nSPS) is 10.3. The lowest BCUT2D eigenvalue weighted by Crippen LogP contribution is -2.29. The number of aromatic nitrogens is 2. The molecule has 78 valence electrons. The summed E-state index contributed by atoms with van der Waals surface area (Å²) < 4.78 is 4.25. The van der Waals surface area contributed by atoms with Gasteiger partial charge in [-0.1, -0.05) is 18.2 Å².